The molecule has 140 valence electrons. The molecule has 0 atom stereocenters. The highest BCUT2D eigenvalue weighted by Gasteiger charge is 2.05. The Morgan fingerprint density at radius 1 is 1.11 bits per heavy atom. The Kier molecular flexibility index (Phi) is 5.55. The van der Waals surface area contributed by atoms with Gasteiger partial charge in [-0.1, -0.05) is 0 Å². The number of carbonyl (C=O) groups is 1. The average Bonchev–Trinajstić information content (AvgIpc) is 3.05. The molecule has 3 aromatic rings. The number of urea groups is 1. The predicted molar refractivity (Wildman–Crippen MR) is 95.8 cm³/mol. The van der Waals surface area contributed by atoms with Crippen LogP contribution < -0.4 is 16.0 Å². The van der Waals surface area contributed by atoms with E-state index >= 15 is 0 Å². The Hall–Kier alpha value is -3.56. The molecule has 0 saturated carbocycles. The number of carbonyl (C=O) groups excluding carboxylic acids is 1. The van der Waals surface area contributed by atoms with E-state index in [-0.39, 0.29) is 12.2 Å². The fourth-order valence-corrected chi connectivity index (χ4v) is 2.28. The summed E-state index contributed by atoms with van der Waals surface area (Å²) < 4.78 is 27.8. The molecule has 0 unspecified atom stereocenters. The number of hydrogen-bond acceptors (Lipinski definition) is 5. The van der Waals surface area contributed by atoms with Gasteiger partial charge in [0.25, 0.3) is 0 Å². The van der Waals surface area contributed by atoms with Gasteiger partial charge in [-0.05, 0) is 25.1 Å². The van der Waals surface area contributed by atoms with Crippen LogP contribution in [-0.4, -0.2) is 38.9 Å². The molecule has 3 N–H and O–H groups in total. The zero-order valence-electron chi connectivity index (χ0n) is 14.4. The number of nitrogens with zero attached hydrogens (tertiary/aromatic N) is 4. The maximum Gasteiger partial charge on any atom is 0.319 e. The van der Waals surface area contributed by atoms with Gasteiger partial charge in [-0.3, -0.25) is 0 Å². The van der Waals surface area contributed by atoms with Crippen molar-refractivity contribution in [1.82, 2.24) is 25.1 Å². The summed E-state index contributed by atoms with van der Waals surface area (Å²) in [7, 11) is 0. The fraction of sp³-hybridized carbons (Fsp3) is 0.176. The van der Waals surface area contributed by atoms with E-state index in [0.29, 0.717) is 18.2 Å². The second-order valence-corrected chi connectivity index (χ2v) is 5.63. The molecule has 0 aliphatic carbocycles. The minimum Gasteiger partial charge on any atom is -0.368 e. The largest absolute Gasteiger partial charge is 0.368 e. The molecule has 0 spiro atoms. The van der Waals surface area contributed by atoms with Crippen LogP contribution in [0.15, 0.2) is 42.9 Å². The summed E-state index contributed by atoms with van der Waals surface area (Å²) in [5.41, 5.74) is 0.907. The van der Waals surface area contributed by atoms with E-state index < -0.39 is 17.7 Å². The Balaban J connectivity index is 1.46. The smallest absolute Gasteiger partial charge is 0.319 e. The summed E-state index contributed by atoms with van der Waals surface area (Å²) in [6.07, 6.45) is 3.20. The number of benzene rings is 1. The number of halogens is 2. The van der Waals surface area contributed by atoms with E-state index in [0.717, 1.165) is 23.9 Å². The van der Waals surface area contributed by atoms with Gasteiger partial charge in [-0.15, -0.1) is 0 Å². The van der Waals surface area contributed by atoms with Gasteiger partial charge >= 0.3 is 6.03 Å². The van der Waals surface area contributed by atoms with E-state index in [1.807, 2.05) is 13.0 Å². The van der Waals surface area contributed by atoms with Crippen LogP contribution >= 0.6 is 0 Å². The van der Waals surface area contributed by atoms with Gasteiger partial charge in [0.05, 0.1) is 5.69 Å². The molecule has 1 aromatic carbocycles. The molecule has 2 aromatic heterocycles. The van der Waals surface area contributed by atoms with Crippen molar-refractivity contribution in [2.75, 3.05) is 23.7 Å². The number of aromatic nitrogens is 4. The van der Waals surface area contributed by atoms with Crippen molar-refractivity contribution in [2.24, 2.45) is 0 Å². The molecule has 27 heavy (non-hydrogen) atoms. The van der Waals surface area contributed by atoms with Crippen molar-refractivity contribution in [2.45, 2.75) is 6.92 Å². The summed E-state index contributed by atoms with van der Waals surface area (Å²) in [5, 5.41) is 12.2. The second kappa shape index (κ2) is 8.21. The Labute approximate surface area is 153 Å². The zero-order valence-corrected chi connectivity index (χ0v) is 14.4. The van der Waals surface area contributed by atoms with Crippen molar-refractivity contribution < 1.29 is 13.6 Å². The predicted octanol–water partition coefficient (Wildman–Crippen LogP) is 2.48. The third-order valence-electron chi connectivity index (χ3n) is 3.45. The van der Waals surface area contributed by atoms with E-state index in [9.17, 15) is 13.6 Å². The summed E-state index contributed by atoms with van der Waals surface area (Å²) in [6, 6.07) is 5.80. The second-order valence-electron chi connectivity index (χ2n) is 5.63. The number of anilines is 2. The minimum absolute atomic E-state index is 0.0351. The zero-order chi connectivity index (χ0) is 19.2. The van der Waals surface area contributed by atoms with Crippen LogP contribution in [-0.2, 0) is 0 Å². The molecule has 0 radical (unpaired) electrons. The number of aryl methyl sites for hydroxylation is 1. The fourth-order valence-electron chi connectivity index (χ4n) is 2.28. The normalized spacial score (nSPS) is 10.5. The first-order chi connectivity index (χ1) is 13.0. The molecular formula is C17H17F2N7O. The maximum absolute atomic E-state index is 13.1. The van der Waals surface area contributed by atoms with Crippen LogP contribution in [0.3, 0.4) is 0 Å². The third kappa shape index (κ3) is 5.21. The topological polar surface area (TPSA) is 96.8 Å². The number of amides is 2. The summed E-state index contributed by atoms with van der Waals surface area (Å²) >= 11 is 0. The monoisotopic (exact) mass is 373 g/mol. The molecule has 0 aliphatic heterocycles. The molecular weight excluding hydrogens is 356 g/mol. The van der Waals surface area contributed by atoms with Crippen LogP contribution in [0, 0.1) is 18.6 Å². The summed E-state index contributed by atoms with van der Waals surface area (Å²) in [4.78, 5) is 20.0. The SMILES string of the molecule is Cc1ccn(-c2cc(NCCNC(=O)Nc3cc(F)cc(F)c3)ncn2)n1. The van der Waals surface area contributed by atoms with Gasteiger partial charge in [-0.2, -0.15) is 5.10 Å². The molecule has 2 heterocycles. The van der Waals surface area contributed by atoms with Gasteiger partial charge in [0, 0.05) is 37.1 Å². The van der Waals surface area contributed by atoms with Crippen LogP contribution in [0.4, 0.5) is 25.1 Å². The molecule has 0 aliphatic rings. The van der Waals surface area contributed by atoms with Gasteiger partial charge in [0.15, 0.2) is 5.82 Å². The highest BCUT2D eigenvalue weighted by molar-refractivity contribution is 5.89. The average molecular weight is 373 g/mol. The minimum atomic E-state index is -0.765. The lowest BCUT2D eigenvalue weighted by atomic mass is 10.3. The first-order valence-electron chi connectivity index (χ1n) is 8.09. The lowest BCUT2D eigenvalue weighted by Gasteiger charge is -2.09. The van der Waals surface area contributed by atoms with Gasteiger partial charge < -0.3 is 16.0 Å². The Morgan fingerprint density at radius 3 is 2.59 bits per heavy atom. The van der Waals surface area contributed by atoms with Crippen LogP contribution in [0.5, 0.6) is 0 Å². The standard InChI is InChI=1S/C17H17F2N7O/c1-11-2-5-26(25-11)16-9-15(22-10-23-16)20-3-4-21-17(27)24-14-7-12(18)6-13(19)8-14/h2,5-10H,3-4H2,1H3,(H,20,22,23)(H2,21,24,27). The quantitative estimate of drug-likeness (QED) is 0.577. The first-order valence-corrected chi connectivity index (χ1v) is 8.09. The van der Waals surface area contributed by atoms with Crippen molar-refractivity contribution >= 4 is 17.5 Å². The van der Waals surface area contributed by atoms with E-state index in [1.54, 1.807) is 16.9 Å². The lowest BCUT2D eigenvalue weighted by molar-refractivity contribution is 0.252. The maximum atomic E-state index is 13.1. The Morgan fingerprint density at radius 2 is 1.89 bits per heavy atom. The molecule has 8 nitrogen and oxygen atoms in total. The van der Waals surface area contributed by atoms with Crippen LogP contribution in [0.1, 0.15) is 5.69 Å². The number of hydrogen-bond donors (Lipinski definition) is 3. The van der Waals surface area contributed by atoms with Crippen molar-refractivity contribution in [3.8, 4) is 5.82 Å². The van der Waals surface area contributed by atoms with Crippen molar-refractivity contribution in [3.05, 3.63) is 60.2 Å². The van der Waals surface area contributed by atoms with Crippen molar-refractivity contribution in [3.63, 3.8) is 0 Å². The van der Waals surface area contributed by atoms with Gasteiger partial charge in [0.2, 0.25) is 0 Å². The molecule has 0 bridgehead atoms. The van der Waals surface area contributed by atoms with E-state index in [2.05, 4.69) is 31.0 Å². The highest BCUT2D eigenvalue weighted by Crippen LogP contribution is 2.12. The third-order valence-corrected chi connectivity index (χ3v) is 3.45. The molecule has 3 rings (SSSR count). The molecule has 0 fully saturated rings. The number of rotatable bonds is 6. The summed E-state index contributed by atoms with van der Waals surface area (Å²) in [6.45, 7) is 2.54. The first kappa shape index (κ1) is 18.2. The van der Waals surface area contributed by atoms with E-state index in [4.69, 9.17) is 0 Å². The lowest BCUT2D eigenvalue weighted by Crippen LogP contribution is -2.32. The Bertz CT molecular complexity index is 924. The van der Waals surface area contributed by atoms with E-state index in [1.165, 1.54) is 6.33 Å². The van der Waals surface area contributed by atoms with Crippen LogP contribution in [0.25, 0.3) is 5.82 Å². The molecule has 2 amide bonds. The van der Waals surface area contributed by atoms with Crippen molar-refractivity contribution in [1.29, 1.82) is 0 Å². The summed E-state index contributed by atoms with van der Waals surface area (Å²) in [5.74, 6) is -0.347. The van der Waals surface area contributed by atoms with Gasteiger partial charge in [0.1, 0.15) is 23.8 Å². The molecule has 10 heteroatoms. The molecule has 0 saturated heterocycles. The van der Waals surface area contributed by atoms with Gasteiger partial charge in [-0.25, -0.2) is 28.2 Å². The van der Waals surface area contributed by atoms with Crippen LogP contribution in [0.2, 0.25) is 0 Å². The highest BCUT2D eigenvalue weighted by atomic mass is 19.1. The number of nitrogens with one attached hydrogen (secondary N) is 3.